The minimum absolute atomic E-state index is 0.174. The van der Waals surface area contributed by atoms with Crippen LogP contribution in [0.15, 0.2) is 30.3 Å². The molecule has 4 heteroatoms. The quantitative estimate of drug-likeness (QED) is 0.738. The first-order valence-corrected chi connectivity index (χ1v) is 7.39. The molecule has 1 saturated heterocycles. The summed E-state index contributed by atoms with van der Waals surface area (Å²) in [4.78, 5) is 15.5. The number of hydrogen-bond donors (Lipinski definition) is 0. The van der Waals surface area contributed by atoms with Crippen molar-refractivity contribution in [1.29, 1.82) is 0 Å². The maximum absolute atomic E-state index is 12.3. The number of benzene rings is 1. The van der Waals surface area contributed by atoms with Gasteiger partial charge in [0.15, 0.2) is 0 Å². The zero-order valence-electron chi connectivity index (χ0n) is 9.23. The van der Waals surface area contributed by atoms with Crippen molar-refractivity contribution in [3.63, 3.8) is 0 Å². The van der Waals surface area contributed by atoms with Crippen molar-refractivity contribution < 1.29 is 4.79 Å². The summed E-state index contributed by atoms with van der Waals surface area (Å²) in [5, 5.41) is 1.16. The van der Waals surface area contributed by atoms with E-state index < -0.39 is 0 Å². The second kappa shape index (κ2) is 4.42. The molecular formula is C13H12BrNOS. The van der Waals surface area contributed by atoms with Gasteiger partial charge >= 0.3 is 0 Å². The molecule has 1 atom stereocenters. The first kappa shape index (κ1) is 11.2. The van der Waals surface area contributed by atoms with Crippen LogP contribution in [0.3, 0.4) is 0 Å². The summed E-state index contributed by atoms with van der Waals surface area (Å²) in [5.41, 5.74) is 0. The third-order valence-electron chi connectivity index (χ3n) is 3.05. The Labute approximate surface area is 112 Å². The van der Waals surface area contributed by atoms with Gasteiger partial charge in [0.05, 0.1) is 4.88 Å². The Morgan fingerprint density at radius 1 is 1.41 bits per heavy atom. The Balaban J connectivity index is 1.90. The number of amides is 1. The van der Waals surface area contributed by atoms with Crippen LogP contribution in [0, 0.1) is 0 Å². The van der Waals surface area contributed by atoms with Crippen LogP contribution in [0.25, 0.3) is 10.1 Å². The monoisotopic (exact) mass is 309 g/mol. The summed E-state index contributed by atoms with van der Waals surface area (Å²) in [6.07, 6.45) is 1.05. The van der Waals surface area contributed by atoms with Crippen molar-refractivity contribution in [2.24, 2.45) is 0 Å². The summed E-state index contributed by atoms with van der Waals surface area (Å²) in [5.74, 6) is 0.174. The van der Waals surface area contributed by atoms with Gasteiger partial charge in [0.1, 0.15) is 0 Å². The molecule has 3 rings (SSSR count). The predicted octanol–water partition coefficient (Wildman–Crippen LogP) is 3.51. The standard InChI is InChI=1S/C13H12BrNOS/c14-10-5-6-15(8-10)13(16)12-7-9-3-1-2-4-11(9)17-12/h1-4,7,10H,5-6,8H2. The van der Waals surface area contributed by atoms with Gasteiger partial charge in [-0.05, 0) is 23.9 Å². The minimum atomic E-state index is 0.174. The van der Waals surface area contributed by atoms with Gasteiger partial charge in [-0.1, -0.05) is 34.1 Å². The van der Waals surface area contributed by atoms with E-state index in [1.54, 1.807) is 11.3 Å². The molecule has 1 aliphatic heterocycles. The molecule has 0 radical (unpaired) electrons. The van der Waals surface area contributed by atoms with Crippen LogP contribution in [0.4, 0.5) is 0 Å². The Hall–Kier alpha value is -0.870. The maximum atomic E-state index is 12.3. The smallest absolute Gasteiger partial charge is 0.263 e. The van der Waals surface area contributed by atoms with Gasteiger partial charge in [0, 0.05) is 22.6 Å². The van der Waals surface area contributed by atoms with Crippen LogP contribution in [0.2, 0.25) is 0 Å². The van der Waals surface area contributed by atoms with Crippen molar-refractivity contribution in [3.8, 4) is 0 Å². The van der Waals surface area contributed by atoms with Crippen LogP contribution in [0.5, 0.6) is 0 Å². The van der Waals surface area contributed by atoms with E-state index in [1.165, 1.54) is 4.70 Å². The Bertz CT molecular complexity index is 532. The number of rotatable bonds is 1. The number of fused-ring (bicyclic) bond motifs is 1. The number of halogens is 1. The Morgan fingerprint density at radius 3 is 2.94 bits per heavy atom. The van der Waals surface area contributed by atoms with Gasteiger partial charge < -0.3 is 4.90 Å². The summed E-state index contributed by atoms with van der Waals surface area (Å²) in [6, 6.07) is 10.1. The van der Waals surface area contributed by atoms with E-state index in [-0.39, 0.29) is 5.91 Å². The van der Waals surface area contributed by atoms with Crippen molar-refractivity contribution >= 4 is 43.3 Å². The molecule has 2 heterocycles. The summed E-state index contributed by atoms with van der Waals surface area (Å²) in [6.45, 7) is 1.69. The topological polar surface area (TPSA) is 20.3 Å². The lowest BCUT2D eigenvalue weighted by Crippen LogP contribution is -2.27. The molecule has 1 aliphatic rings. The van der Waals surface area contributed by atoms with Crippen molar-refractivity contribution in [2.75, 3.05) is 13.1 Å². The van der Waals surface area contributed by atoms with E-state index in [0.29, 0.717) is 4.83 Å². The van der Waals surface area contributed by atoms with Gasteiger partial charge in [-0.15, -0.1) is 11.3 Å². The van der Waals surface area contributed by atoms with Crippen molar-refractivity contribution in [1.82, 2.24) is 4.90 Å². The fourth-order valence-corrected chi connectivity index (χ4v) is 3.73. The molecule has 1 fully saturated rings. The predicted molar refractivity (Wildman–Crippen MR) is 75.1 cm³/mol. The first-order valence-electron chi connectivity index (χ1n) is 5.66. The first-order chi connectivity index (χ1) is 8.24. The van der Waals surface area contributed by atoms with E-state index in [1.807, 2.05) is 23.1 Å². The maximum Gasteiger partial charge on any atom is 0.263 e. The molecule has 1 aromatic heterocycles. The molecule has 1 aromatic carbocycles. The van der Waals surface area contributed by atoms with Crippen LogP contribution in [0.1, 0.15) is 16.1 Å². The van der Waals surface area contributed by atoms with Crippen LogP contribution < -0.4 is 0 Å². The van der Waals surface area contributed by atoms with Gasteiger partial charge in [-0.2, -0.15) is 0 Å². The van der Waals surface area contributed by atoms with Gasteiger partial charge in [0.25, 0.3) is 5.91 Å². The number of thiophene rings is 1. The molecule has 0 spiro atoms. The number of hydrogen-bond acceptors (Lipinski definition) is 2. The number of carbonyl (C=O) groups is 1. The van der Waals surface area contributed by atoms with E-state index in [0.717, 1.165) is 29.8 Å². The molecular weight excluding hydrogens is 298 g/mol. The van der Waals surface area contributed by atoms with Crippen molar-refractivity contribution in [3.05, 3.63) is 35.2 Å². The van der Waals surface area contributed by atoms with Gasteiger partial charge in [0.2, 0.25) is 0 Å². The molecule has 0 aliphatic carbocycles. The highest BCUT2D eigenvalue weighted by Gasteiger charge is 2.26. The number of carbonyl (C=O) groups excluding carboxylic acids is 1. The van der Waals surface area contributed by atoms with E-state index in [4.69, 9.17) is 0 Å². The number of likely N-dealkylation sites (tertiary alicyclic amines) is 1. The molecule has 2 aromatic rings. The Kier molecular flexibility index (Phi) is 2.92. The van der Waals surface area contributed by atoms with Gasteiger partial charge in [-0.3, -0.25) is 4.79 Å². The minimum Gasteiger partial charge on any atom is -0.337 e. The molecule has 0 bridgehead atoms. The Morgan fingerprint density at radius 2 is 2.24 bits per heavy atom. The molecule has 0 saturated carbocycles. The third kappa shape index (κ3) is 2.11. The zero-order valence-corrected chi connectivity index (χ0v) is 11.6. The molecule has 2 nitrogen and oxygen atoms in total. The lowest BCUT2D eigenvalue weighted by atomic mass is 10.2. The van der Waals surface area contributed by atoms with Gasteiger partial charge in [-0.25, -0.2) is 0 Å². The third-order valence-corrected chi connectivity index (χ3v) is 4.91. The fourth-order valence-electron chi connectivity index (χ4n) is 2.15. The lowest BCUT2D eigenvalue weighted by Gasteiger charge is -2.13. The normalized spacial score (nSPS) is 20.1. The van der Waals surface area contributed by atoms with Crippen LogP contribution in [-0.2, 0) is 0 Å². The second-order valence-electron chi connectivity index (χ2n) is 4.29. The summed E-state index contributed by atoms with van der Waals surface area (Å²) >= 11 is 5.15. The van der Waals surface area contributed by atoms with Crippen LogP contribution >= 0.6 is 27.3 Å². The largest absolute Gasteiger partial charge is 0.337 e. The van der Waals surface area contributed by atoms with E-state index >= 15 is 0 Å². The average Bonchev–Trinajstić information content (AvgIpc) is 2.93. The second-order valence-corrected chi connectivity index (χ2v) is 6.66. The van der Waals surface area contributed by atoms with Crippen LogP contribution in [-0.4, -0.2) is 28.7 Å². The number of alkyl halides is 1. The SMILES string of the molecule is O=C(c1cc2ccccc2s1)N1CCC(Br)C1. The van der Waals surface area contributed by atoms with E-state index in [2.05, 4.69) is 28.1 Å². The lowest BCUT2D eigenvalue weighted by molar-refractivity contribution is 0.0798. The molecule has 88 valence electrons. The zero-order chi connectivity index (χ0) is 11.8. The average molecular weight is 310 g/mol. The molecule has 0 N–H and O–H groups in total. The summed E-state index contributed by atoms with van der Waals surface area (Å²) < 4.78 is 1.19. The fraction of sp³-hybridized carbons (Fsp3) is 0.308. The van der Waals surface area contributed by atoms with Crippen molar-refractivity contribution in [2.45, 2.75) is 11.2 Å². The molecule has 17 heavy (non-hydrogen) atoms. The molecule has 1 amide bonds. The highest BCUT2D eigenvalue weighted by Crippen LogP contribution is 2.28. The molecule has 1 unspecified atom stereocenters. The summed E-state index contributed by atoms with van der Waals surface area (Å²) in [7, 11) is 0. The highest BCUT2D eigenvalue weighted by molar-refractivity contribution is 9.09. The highest BCUT2D eigenvalue weighted by atomic mass is 79.9. The van der Waals surface area contributed by atoms with E-state index in [9.17, 15) is 4.79 Å². The number of nitrogens with zero attached hydrogens (tertiary/aromatic N) is 1.